The summed E-state index contributed by atoms with van der Waals surface area (Å²) in [7, 11) is 0. The number of hydrogen-bond acceptors (Lipinski definition) is 4. The van der Waals surface area contributed by atoms with Crippen molar-refractivity contribution in [1.29, 1.82) is 0 Å². The summed E-state index contributed by atoms with van der Waals surface area (Å²) in [6, 6.07) is 15.3. The number of anilines is 1. The van der Waals surface area contributed by atoms with Crippen LogP contribution in [-0.4, -0.2) is 36.5 Å². The van der Waals surface area contributed by atoms with Gasteiger partial charge >= 0.3 is 5.97 Å². The molecule has 0 heterocycles. The molecule has 148 valence electrons. The van der Waals surface area contributed by atoms with Crippen LogP contribution in [0.15, 0.2) is 54.6 Å². The smallest absolute Gasteiger partial charge is 0.328 e. The lowest BCUT2D eigenvalue weighted by Crippen LogP contribution is -2.43. The van der Waals surface area contributed by atoms with Crippen LogP contribution < -0.4 is 10.2 Å². The van der Waals surface area contributed by atoms with E-state index in [9.17, 15) is 14.4 Å². The number of ether oxygens (including phenoxy) is 1. The highest BCUT2D eigenvalue weighted by atomic mass is 16.5. The molecule has 0 fully saturated rings. The van der Waals surface area contributed by atoms with Crippen molar-refractivity contribution in [3.63, 3.8) is 0 Å². The minimum Gasteiger partial charge on any atom is -0.454 e. The number of aryl methyl sites for hydroxylation is 1. The van der Waals surface area contributed by atoms with Crippen molar-refractivity contribution in [2.45, 2.75) is 39.8 Å². The van der Waals surface area contributed by atoms with Gasteiger partial charge in [0.2, 0.25) is 0 Å². The molecule has 0 aromatic heterocycles. The molecular weight excluding hydrogens is 356 g/mol. The SMILES string of the molecule is Cc1cccc(C(=O)N[C@@H](C)C(=O)OCC(=O)N(c2ccccc2)C(C)C)c1. The second-order valence-corrected chi connectivity index (χ2v) is 6.87. The second-order valence-electron chi connectivity index (χ2n) is 6.87. The molecule has 1 N–H and O–H groups in total. The van der Waals surface area contributed by atoms with Crippen LogP contribution in [0, 0.1) is 6.92 Å². The number of nitrogens with zero attached hydrogens (tertiary/aromatic N) is 1. The predicted molar refractivity (Wildman–Crippen MR) is 108 cm³/mol. The van der Waals surface area contributed by atoms with E-state index in [1.807, 2.05) is 57.2 Å². The molecule has 0 radical (unpaired) electrons. The maximum atomic E-state index is 12.6. The number of para-hydroxylation sites is 1. The third kappa shape index (κ3) is 5.67. The standard InChI is InChI=1S/C22H26N2O4/c1-15(2)24(19-11-6-5-7-12-19)20(25)14-28-22(27)17(4)23-21(26)18-10-8-9-16(3)13-18/h5-13,15,17H,14H2,1-4H3,(H,23,26)/t17-/m0/s1. The van der Waals surface area contributed by atoms with Gasteiger partial charge < -0.3 is 15.0 Å². The number of carbonyl (C=O) groups excluding carboxylic acids is 3. The average Bonchev–Trinajstić information content (AvgIpc) is 2.66. The molecule has 6 heteroatoms. The van der Waals surface area contributed by atoms with E-state index in [0.717, 1.165) is 11.3 Å². The molecule has 2 aromatic carbocycles. The molecule has 0 saturated heterocycles. The van der Waals surface area contributed by atoms with E-state index in [4.69, 9.17) is 4.74 Å². The van der Waals surface area contributed by atoms with Crippen molar-refractivity contribution >= 4 is 23.5 Å². The zero-order valence-electron chi connectivity index (χ0n) is 16.6. The number of amides is 2. The van der Waals surface area contributed by atoms with Gasteiger partial charge in [-0.25, -0.2) is 4.79 Å². The van der Waals surface area contributed by atoms with Gasteiger partial charge in [0.15, 0.2) is 6.61 Å². The lowest BCUT2D eigenvalue weighted by molar-refractivity contribution is -0.149. The zero-order chi connectivity index (χ0) is 20.7. The third-order valence-corrected chi connectivity index (χ3v) is 4.14. The number of nitrogens with one attached hydrogen (secondary N) is 1. The fourth-order valence-electron chi connectivity index (χ4n) is 2.77. The Balaban J connectivity index is 1.92. The topological polar surface area (TPSA) is 75.7 Å². The van der Waals surface area contributed by atoms with Crippen LogP contribution in [0.25, 0.3) is 0 Å². The van der Waals surface area contributed by atoms with Gasteiger partial charge in [0.1, 0.15) is 6.04 Å². The Morgan fingerprint density at radius 2 is 1.68 bits per heavy atom. The Labute approximate surface area is 165 Å². The fraction of sp³-hybridized carbons (Fsp3) is 0.318. The Kier molecular flexibility index (Phi) is 7.32. The van der Waals surface area contributed by atoms with E-state index in [0.29, 0.717) is 5.56 Å². The molecule has 0 spiro atoms. The number of esters is 1. The van der Waals surface area contributed by atoms with Crippen LogP contribution in [0.2, 0.25) is 0 Å². The molecule has 0 aliphatic carbocycles. The Bertz CT molecular complexity index is 833. The minimum atomic E-state index is -0.870. The Morgan fingerprint density at radius 1 is 1.00 bits per heavy atom. The first-order valence-electron chi connectivity index (χ1n) is 9.21. The molecule has 0 saturated carbocycles. The van der Waals surface area contributed by atoms with Crippen molar-refractivity contribution in [1.82, 2.24) is 5.32 Å². The predicted octanol–water partition coefficient (Wildman–Crippen LogP) is 3.10. The molecular formula is C22H26N2O4. The first-order chi connectivity index (χ1) is 13.3. The summed E-state index contributed by atoms with van der Waals surface area (Å²) in [5.74, 6) is -1.36. The van der Waals surface area contributed by atoms with Gasteiger partial charge in [0.25, 0.3) is 11.8 Å². The van der Waals surface area contributed by atoms with E-state index < -0.39 is 18.6 Å². The molecule has 28 heavy (non-hydrogen) atoms. The molecule has 0 bridgehead atoms. The van der Waals surface area contributed by atoms with E-state index in [1.165, 1.54) is 6.92 Å². The van der Waals surface area contributed by atoms with Crippen molar-refractivity contribution in [2.24, 2.45) is 0 Å². The maximum absolute atomic E-state index is 12.6. The van der Waals surface area contributed by atoms with Crippen LogP contribution >= 0.6 is 0 Å². The summed E-state index contributed by atoms with van der Waals surface area (Å²) >= 11 is 0. The highest BCUT2D eigenvalue weighted by molar-refractivity contribution is 5.98. The highest BCUT2D eigenvalue weighted by Crippen LogP contribution is 2.16. The molecule has 0 unspecified atom stereocenters. The van der Waals surface area contributed by atoms with Gasteiger partial charge in [-0.15, -0.1) is 0 Å². The van der Waals surface area contributed by atoms with E-state index >= 15 is 0 Å². The number of rotatable bonds is 7. The molecule has 2 rings (SSSR count). The summed E-state index contributed by atoms with van der Waals surface area (Å²) < 4.78 is 5.13. The summed E-state index contributed by atoms with van der Waals surface area (Å²) in [4.78, 5) is 38.6. The third-order valence-electron chi connectivity index (χ3n) is 4.14. The van der Waals surface area contributed by atoms with Crippen LogP contribution in [0.5, 0.6) is 0 Å². The van der Waals surface area contributed by atoms with E-state index in [1.54, 1.807) is 23.1 Å². The molecule has 1 atom stereocenters. The van der Waals surface area contributed by atoms with Crippen molar-refractivity contribution < 1.29 is 19.1 Å². The highest BCUT2D eigenvalue weighted by Gasteiger charge is 2.23. The first kappa shape index (κ1) is 21.2. The number of benzene rings is 2. The van der Waals surface area contributed by atoms with Crippen molar-refractivity contribution in [3.05, 3.63) is 65.7 Å². The van der Waals surface area contributed by atoms with Gasteiger partial charge in [0, 0.05) is 17.3 Å². The van der Waals surface area contributed by atoms with Crippen molar-refractivity contribution in [2.75, 3.05) is 11.5 Å². The van der Waals surface area contributed by atoms with Crippen molar-refractivity contribution in [3.8, 4) is 0 Å². The normalized spacial score (nSPS) is 11.6. The summed E-state index contributed by atoms with van der Waals surface area (Å²) in [6.45, 7) is 6.79. The lowest BCUT2D eigenvalue weighted by atomic mass is 10.1. The van der Waals surface area contributed by atoms with Gasteiger partial charge in [-0.05, 0) is 52.0 Å². The maximum Gasteiger partial charge on any atom is 0.328 e. The van der Waals surface area contributed by atoms with Gasteiger partial charge in [-0.2, -0.15) is 0 Å². The average molecular weight is 382 g/mol. The van der Waals surface area contributed by atoms with Gasteiger partial charge in [-0.3, -0.25) is 9.59 Å². The van der Waals surface area contributed by atoms with Crippen LogP contribution in [0.3, 0.4) is 0 Å². The molecule has 6 nitrogen and oxygen atoms in total. The molecule has 0 aliphatic heterocycles. The monoisotopic (exact) mass is 382 g/mol. The van der Waals surface area contributed by atoms with E-state index in [2.05, 4.69) is 5.32 Å². The van der Waals surface area contributed by atoms with Crippen LogP contribution in [-0.2, 0) is 14.3 Å². The van der Waals surface area contributed by atoms with Crippen LogP contribution in [0.1, 0.15) is 36.7 Å². The lowest BCUT2D eigenvalue weighted by Gasteiger charge is -2.27. The van der Waals surface area contributed by atoms with E-state index in [-0.39, 0.29) is 17.9 Å². The second kappa shape index (κ2) is 9.69. The fourth-order valence-corrected chi connectivity index (χ4v) is 2.77. The molecule has 2 aromatic rings. The van der Waals surface area contributed by atoms with Gasteiger partial charge in [0.05, 0.1) is 0 Å². The Morgan fingerprint density at radius 3 is 2.29 bits per heavy atom. The zero-order valence-corrected chi connectivity index (χ0v) is 16.6. The quantitative estimate of drug-likeness (QED) is 0.747. The number of carbonyl (C=O) groups is 3. The number of hydrogen-bond donors (Lipinski definition) is 1. The summed E-state index contributed by atoms with van der Waals surface area (Å²) in [5.41, 5.74) is 2.15. The molecule has 0 aliphatic rings. The summed E-state index contributed by atoms with van der Waals surface area (Å²) in [5, 5.41) is 2.59. The Hall–Kier alpha value is -3.15. The first-order valence-corrected chi connectivity index (χ1v) is 9.21. The largest absolute Gasteiger partial charge is 0.454 e. The molecule has 2 amide bonds. The minimum absolute atomic E-state index is 0.0907. The summed E-state index contributed by atoms with van der Waals surface area (Å²) in [6.07, 6.45) is 0. The van der Waals surface area contributed by atoms with Crippen LogP contribution in [0.4, 0.5) is 5.69 Å². The van der Waals surface area contributed by atoms with Gasteiger partial charge in [-0.1, -0.05) is 35.9 Å².